The smallest absolute Gasteiger partial charge is 0.207 e. The van der Waals surface area contributed by atoms with Gasteiger partial charge in [0, 0.05) is 17.8 Å². The highest BCUT2D eigenvalue weighted by Crippen LogP contribution is 2.92. The standard InChI is InChI=1S/C20H30O8/c1-9(2)14-8-16(22)12(4)11-18(24,17(23)10(3)6-7-15(12,17)21)20(16,26)13(5,27-14)19(11,25)28-14/h9-11,21-26H,6-8H2,1-5H3/t10-,11-,12+,13-,14-,15+,16-,17+,18+,19-,20-/m1/s1. The van der Waals surface area contributed by atoms with Crippen LogP contribution in [0, 0.1) is 23.2 Å². The quantitative estimate of drug-likeness (QED) is 0.330. The highest BCUT2D eigenvalue weighted by molar-refractivity contribution is 5.59. The summed E-state index contributed by atoms with van der Waals surface area (Å²) in [4.78, 5) is 0. The van der Waals surface area contributed by atoms with E-state index in [1.807, 2.05) is 13.8 Å². The zero-order valence-corrected chi connectivity index (χ0v) is 16.9. The van der Waals surface area contributed by atoms with Crippen molar-refractivity contribution in [2.75, 3.05) is 0 Å². The van der Waals surface area contributed by atoms with Crippen molar-refractivity contribution in [3.8, 4) is 0 Å². The Morgan fingerprint density at radius 3 is 2.07 bits per heavy atom. The van der Waals surface area contributed by atoms with Gasteiger partial charge >= 0.3 is 0 Å². The van der Waals surface area contributed by atoms with Crippen molar-refractivity contribution in [3.63, 3.8) is 0 Å². The third-order valence-electron chi connectivity index (χ3n) is 10.6. The van der Waals surface area contributed by atoms with Crippen molar-refractivity contribution >= 4 is 0 Å². The first-order valence-electron chi connectivity index (χ1n) is 10.3. The number of rotatable bonds is 1. The minimum absolute atomic E-state index is 0.140. The van der Waals surface area contributed by atoms with Crippen molar-refractivity contribution in [3.05, 3.63) is 0 Å². The van der Waals surface area contributed by atoms with E-state index < -0.39 is 62.4 Å². The molecule has 4 aliphatic carbocycles. The van der Waals surface area contributed by atoms with Crippen molar-refractivity contribution in [1.82, 2.24) is 0 Å². The number of hydrogen-bond acceptors (Lipinski definition) is 8. The Balaban J connectivity index is 1.77. The molecule has 2 heterocycles. The average molecular weight is 398 g/mol. The molecule has 0 unspecified atom stereocenters. The third kappa shape index (κ3) is 0.990. The van der Waals surface area contributed by atoms with Crippen LogP contribution in [0.2, 0.25) is 0 Å². The van der Waals surface area contributed by atoms with Crippen LogP contribution in [0.1, 0.15) is 53.9 Å². The highest BCUT2D eigenvalue weighted by atomic mass is 16.8. The highest BCUT2D eigenvalue weighted by Gasteiger charge is 3.12. The van der Waals surface area contributed by atoms with Gasteiger partial charge in [-0.15, -0.1) is 0 Å². The predicted molar refractivity (Wildman–Crippen MR) is 92.5 cm³/mol. The number of fused-ring (bicyclic) bond motifs is 4. The summed E-state index contributed by atoms with van der Waals surface area (Å²) >= 11 is 0. The van der Waals surface area contributed by atoms with Crippen LogP contribution in [-0.4, -0.2) is 75.8 Å². The van der Waals surface area contributed by atoms with Crippen LogP contribution in [-0.2, 0) is 9.47 Å². The van der Waals surface area contributed by atoms with Gasteiger partial charge in [0.15, 0.2) is 17.0 Å². The van der Waals surface area contributed by atoms with Gasteiger partial charge in [-0.2, -0.15) is 0 Å². The van der Waals surface area contributed by atoms with E-state index in [0.717, 1.165) is 0 Å². The normalized spacial score (nSPS) is 75.9. The van der Waals surface area contributed by atoms with E-state index in [2.05, 4.69) is 0 Å². The molecule has 0 amide bonds. The maximum Gasteiger partial charge on any atom is 0.207 e. The first-order chi connectivity index (χ1) is 12.6. The lowest BCUT2D eigenvalue weighted by Crippen LogP contribution is -2.90. The van der Waals surface area contributed by atoms with Crippen LogP contribution in [0.25, 0.3) is 0 Å². The summed E-state index contributed by atoms with van der Waals surface area (Å²) in [6.45, 7) is 8.36. The average Bonchev–Trinajstić information content (AvgIpc) is 3.07. The van der Waals surface area contributed by atoms with E-state index in [4.69, 9.17) is 9.47 Å². The number of ether oxygens (including phenoxy) is 2. The third-order valence-corrected chi connectivity index (χ3v) is 10.6. The zero-order chi connectivity index (χ0) is 20.8. The molecule has 0 aromatic carbocycles. The Bertz CT molecular complexity index is 850. The number of aliphatic hydroxyl groups is 6. The second-order valence-corrected chi connectivity index (χ2v) is 11.1. The van der Waals surface area contributed by atoms with Crippen LogP contribution < -0.4 is 0 Å². The lowest BCUT2D eigenvalue weighted by molar-refractivity contribution is -0.431. The van der Waals surface area contributed by atoms with Crippen molar-refractivity contribution < 1.29 is 40.1 Å². The monoisotopic (exact) mass is 398 g/mol. The minimum Gasteiger partial charge on any atom is -0.386 e. The lowest BCUT2D eigenvalue weighted by Gasteiger charge is -2.69. The molecule has 6 bridgehead atoms. The van der Waals surface area contributed by atoms with Crippen molar-refractivity contribution in [2.24, 2.45) is 23.2 Å². The largest absolute Gasteiger partial charge is 0.386 e. The summed E-state index contributed by atoms with van der Waals surface area (Å²) < 4.78 is 12.3. The first kappa shape index (κ1) is 18.4. The van der Waals surface area contributed by atoms with E-state index >= 15 is 0 Å². The SMILES string of the molecule is CC(C)[C@]12C[C@@]3(O)[C@@]4(C)[C@@H]5[C@](O)([C@]6(O)[C@H](C)CC[C@]46O)[C@@]3(O)[C@](C)(O1)[C@]5(O)O2. The minimum atomic E-state index is -2.43. The first-order valence-corrected chi connectivity index (χ1v) is 10.3. The molecule has 6 aliphatic rings. The summed E-state index contributed by atoms with van der Waals surface area (Å²) in [5.41, 5.74) is -14.4. The molecule has 4 saturated carbocycles. The molecular formula is C20H30O8. The van der Waals surface area contributed by atoms with Crippen LogP contribution in [0.15, 0.2) is 0 Å². The fraction of sp³-hybridized carbons (Fsp3) is 1.00. The molecule has 2 aliphatic heterocycles. The fourth-order valence-electron chi connectivity index (χ4n) is 9.29. The second-order valence-electron chi connectivity index (χ2n) is 11.1. The Hall–Kier alpha value is -0.320. The van der Waals surface area contributed by atoms with Gasteiger partial charge in [-0.1, -0.05) is 27.7 Å². The Kier molecular flexibility index (Phi) is 2.53. The zero-order valence-electron chi connectivity index (χ0n) is 16.9. The van der Waals surface area contributed by atoms with Crippen LogP contribution in [0.4, 0.5) is 0 Å². The van der Waals surface area contributed by atoms with E-state index in [-0.39, 0.29) is 18.8 Å². The maximum absolute atomic E-state index is 12.1. The van der Waals surface area contributed by atoms with Gasteiger partial charge < -0.3 is 40.1 Å². The Morgan fingerprint density at radius 1 is 0.893 bits per heavy atom. The van der Waals surface area contributed by atoms with E-state index in [0.29, 0.717) is 6.42 Å². The van der Waals surface area contributed by atoms with Gasteiger partial charge in [0.1, 0.15) is 22.4 Å². The van der Waals surface area contributed by atoms with Crippen LogP contribution in [0.5, 0.6) is 0 Å². The topological polar surface area (TPSA) is 140 Å². The van der Waals surface area contributed by atoms with E-state index in [1.54, 1.807) is 13.8 Å². The molecule has 6 fully saturated rings. The molecule has 158 valence electrons. The van der Waals surface area contributed by atoms with Crippen LogP contribution >= 0.6 is 0 Å². The predicted octanol–water partition coefficient (Wildman–Crippen LogP) is -1.01. The molecule has 0 spiro atoms. The molecule has 11 atom stereocenters. The van der Waals surface area contributed by atoms with Gasteiger partial charge in [0.25, 0.3) is 0 Å². The fourth-order valence-corrected chi connectivity index (χ4v) is 9.29. The van der Waals surface area contributed by atoms with Gasteiger partial charge in [-0.25, -0.2) is 0 Å². The summed E-state index contributed by atoms with van der Waals surface area (Å²) in [5, 5.41) is 71.9. The second kappa shape index (κ2) is 3.84. The molecule has 0 radical (unpaired) electrons. The molecule has 0 aromatic heterocycles. The Morgan fingerprint density at radius 2 is 1.50 bits per heavy atom. The van der Waals surface area contributed by atoms with E-state index in [1.165, 1.54) is 6.92 Å². The summed E-state index contributed by atoms with van der Waals surface area (Å²) in [6.07, 6.45) is 0.324. The molecule has 0 aromatic rings. The molecule has 8 nitrogen and oxygen atoms in total. The van der Waals surface area contributed by atoms with Gasteiger partial charge in [-0.3, -0.25) is 0 Å². The molecule has 2 saturated heterocycles. The van der Waals surface area contributed by atoms with Crippen molar-refractivity contribution in [1.29, 1.82) is 0 Å². The van der Waals surface area contributed by atoms with E-state index in [9.17, 15) is 30.6 Å². The van der Waals surface area contributed by atoms with Crippen LogP contribution in [0.3, 0.4) is 0 Å². The van der Waals surface area contributed by atoms with Gasteiger partial charge in [0.2, 0.25) is 5.79 Å². The molecule has 28 heavy (non-hydrogen) atoms. The molecular weight excluding hydrogens is 368 g/mol. The molecule has 6 N–H and O–H groups in total. The van der Waals surface area contributed by atoms with Crippen molar-refractivity contribution in [2.45, 2.75) is 99.1 Å². The lowest BCUT2D eigenvalue weighted by atomic mass is 9.44. The maximum atomic E-state index is 12.1. The van der Waals surface area contributed by atoms with Gasteiger partial charge in [0.05, 0.1) is 5.92 Å². The Labute approximate surface area is 163 Å². The summed E-state index contributed by atoms with van der Waals surface area (Å²) in [7, 11) is 0. The molecule has 6 rings (SSSR count). The summed E-state index contributed by atoms with van der Waals surface area (Å²) in [5.74, 6) is -5.75. The van der Waals surface area contributed by atoms with Gasteiger partial charge in [-0.05, 0) is 25.7 Å². The number of hydrogen-bond donors (Lipinski definition) is 6. The summed E-state index contributed by atoms with van der Waals surface area (Å²) in [6, 6.07) is 0. The molecule has 8 heteroatoms.